The minimum absolute atomic E-state index is 0.631. The number of rotatable bonds is 8. The second-order valence-corrected chi connectivity index (χ2v) is 18.9. The Labute approximate surface area is 345 Å². The smallest absolute Gasteiger partial charge is 0.0620 e. The highest BCUT2D eigenvalue weighted by molar-refractivity contribution is 6.23. The summed E-state index contributed by atoms with van der Waals surface area (Å²) in [5.74, 6) is 4.64. The number of hydrogen-bond acceptors (Lipinski definition) is 2. The first-order chi connectivity index (χ1) is 28.3. The Balaban J connectivity index is 1.28. The fourth-order valence-electron chi connectivity index (χ4n) is 12.4. The van der Waals surface area contributed by atoms with Crippen LogP contribution in [0, 0.1) is 51.4 Å². The Morgan fingerprint density at radius 3 is 1.02 bits per heavy atom. The molecule has 0 N–H and O–H groups in total. The zero-order valence-electron chi connectivity index (χ0n) is 34.7. The molecule has 0 spiro atoms. The molecule has 0 radical (unpaired) electrons. The Kier molecular flexibility index (Phi) is 8.76. The summed E-state index contributed by atoms with van der Waals surface area (Å²) in [6.45, 7) is 8.92. The van der Waals surface area contributed by atoms with Crippen LogP contribution in [0.4, 0.5) is 34.1 Å². The van der Waals surface area contributed by atoms with Gasteiger partial charge in [0.15, 0.2) is 0 Å². The molecule has 0 saturated heterocycles. The molecule has 7 aromatic rings. The molecule has 0 aliphatic heterocycles. The average Bonchev–Trinajstić information content (AvgIpc) is 4.06. The van der Waals surface area contributed by atoms with E-state index in [2.05, 4.69) is 171 Å². The normalized spacial score (nSPS) is 23.3. The van der Waals surface area contributed by atoms with E-state index in [4.69, 9.17) is 0 Å². The Bertz CT molecular complexity index is 2430. The first kappa shape index (κ1) is 35.8. The highest BCUT2D eigenvalue weighted by Gasteiger charge is 2.42. The van der Waals surface area contributed by atoms with Crippen LogP contribution in [0.5, 0.6) is 0 Å². The van der Waals surface area contributed by atoms with E-state index in [1.165, 1.54) is 140 Å². The molecule has 5 unspecified atom stereocenters. The van der Waals surface area contributed by atoms with Gasteiger partial charge in [-0.25, -0.2) is 0 Å². The summed E-state index contributed by atoms with van der Waals surface area (Å²) >= 11 is 0. The summed E-state index contributed by atoms with van der Waals surface area (Å²) in [7, 11) is 0. The largest absolute Gasteiger partial charge is 0.309 e. The van der Waals surface area contributed by atoms with Crippen molar-refractivity contribution in [2.75, 3.05) is 9.80 Å². The predicted molar refractivity (Wildman–Crippen MR) is 246 cm³/mol. The molecule has 2 heteroatoms. The second-order valence-electron chi connectivity index (χ2n) is 18.9. The SMILES string of the molecule is Cc1cccc(N(c2cccc(C)c2)c2c3ccc(C4CC5CC[C@@H]4C5)cc3c(N(c3cccc(C)c3)c3cccc(C)c3)c3ccc(C4CC5CCC4C5)cc23)c1. The van der Waals surface area contributed by atoms with E-state index in [0.29, 0.717) is 11.8 Å². The summed E-state index contributed by atoms with van der Waals surface area (Å²) in [4.78, 5) is 5.19. The van der Waals surface area contributed by atoms with Crippen LogP contribution in [0.2, 0.25) is 0 Å². The molecular weight excluding hydrogens is 701 g/mol. The van der Waals surface area contributed by atoms with E-state index < -0.39 is 0 Å². The maximum atomic E-state index is 2.64. The van der Waals surface area contributed by atoms with Gasteiger partial charge in [0.05, 0.1) is 11.4 Å². The molecule has 58 heavy (non-hydrogen) atoms. The number of fused-ring (bicyclic) bond motifs is 6. The second kappa shape index (κ2) is 14.2. The molecule has 4 bridgehead atoms. The van der Waals surface area contributed by atoms with Gasteiger partial charge in [-0.1, -0.05) is 85.6 Å². The van der Waals surface area contributed by atoms with Crippen LogP contribution in [0.25, 0.3) is 21.5 Å². The predicted octanol–water partition coefficient (Wildman–Crippen LogP) is 16.0. The topological polar surface area (TPSA) is 6.48 Å². The van der Waals surface area contributed by atoms with Crippen LogP contribution in [0.1, 0.15) is 96.6 Å². The van der Waals surface area contributed by atoms with E-state index >= 15 is 0 Å². The third kappa shape index (κ3) is 6.14. The number of hydrogen-bond donors (Lipinski definition) is 0. The molecule has 4 aliphatic rings. The lowest BCUT2D eigenvalue weighted by Crippen LogP contribution is -2.16. The molecule has 11 rings (SSSR count). The van der Waals surface area contributed by atoms with Gasteiger partial charge >= 0.3 is 0 Å². The molecule has 290 valence electrons. The zero-order valence-corrected chi connectivity index (χ0v) is 34.7. The number of benzene rings is 7. The summed E-state index contributed by atoms with van der Waals surface area (Å²) in [6.07, 6.45) is 11.0. The first-order valence-electron chi connectivity index (χ1n) is 22.2. The summed E-state index contributed by atoms with van der Waals surface area (Å²) in [5, 5.41) is 5.30. The van der Waals surface area contributed by atoms with Crippen molar-refractivity contribution >= 4 is 55.7 Å². The lowest BCUT2D eigenvalue weighted by Gasteiger charge is -2.34. The third-order valence-electron chi connectivity index (χ3n) is 14.9. The summed E-state index contributed by atoms with van der Waals surface area (Å²) < 4.78 is 0. The number of anilines is 6. The van der Waals surface area contributed by atoms with Crippen LogP contribution in [0.3, 0.4) is 0 Å². The highest BCUT2D eigenvalue weighted by atomic mass is 15.2. The van der Waals surface area contributed by atoms with Crippen LogP contribution < -0.4 is 9.80 Å². The minimum atomic E-state index is 0.631. The van der Waals surface area contributed by atoms with E-state index in [1.807, 2.05) is 0 Å². The van der Waals surface area contributed by atoms with Crippen molar-refractivity contribution in [3.05, 3.63) is 167 Å². The van der Waals surface area contributed by atoms with E-state index in [9.17, 15) is 0 Å². The van der Waals surface area contributed by atoms with Crippen molar-refractivity contribution in [1.82, 2.24) is 0 Å². The van der Waals surface area contributed by atoms with Gasteiger partial charge in [-0.05, 0) is 196 Å². The van der Waals surface area contributed by atoms with Crippen LogP contribution in [-0.4, -0.2) is 0 Å². The fraction of sp³-hybridized carbons (Fsp3) is 0.321. The molecule has 0 heterocycles. The van der Waals surface area contributed by atoms with Crippen molar-refractivity contribution in [2.45, 2.75) is 90.9 Å². The highest BCUT2D eigenvalue weighted by Crippen LogP contribution is 2.57. The van der Waals surface area contributed by atoms with Crippen LogP contribution >= 0.6 is 0 Å². The monoisotopic (exact) mass is 756 g/mol. The fourth-order valence-corrected chi connectivity index (χ4v) is 12.4. The van der Waals surface area contributed by atoms with Gasteiger partial charge in [0, 0.05) is 44.3 Å². The van der Waals surface area contributed by atoms with E-state index in [0.717, 1.165) is 23.7 Å². The number of nitrogens with zero attached hydrogens (tertiary/aromatic N) is 2. The van der Waals surface area contributed by atoms with Crippen molar-refractivity contribution in [2.24, 2.45) is 23.7 Å². The third-order valence-corrected chi connectivity index (χ3v) is 14.9. The summed E-state index contributed by atoms with van der Waals surface area (Å²) in [6, 6.07) is 52.0. The van der Waals surface area contributed by atoms with Gasteiger partial charge in [-0.3, -0.25) is 0 Å². The molecule has 6 atom stereocenters. The molecule has 4 aliphatic carbocycles. The van der Waals surface area contributed by atoms with Crippen LogP contribution in [-0.2, 0) is 0 Å². The van der Waals surface area contributed by atoms with Gasteiger partial charge in [0.2, 0.25) is 0 Å². The van der Waals surface area contributed by atoms with Crippen LogP contribution in [0.15, 0.2) is 133 Å². The molecule has 0 amide bonds. The van der Waals surface area contributed by atoms with Crippen molar-refractivity contribution < 1.29 is 0 Å². The molecule has 2 nitrogen and oxygen atoms in total. The Morgan fingerprint density at radius 1 is 0.362 bits per heavy atom. The van der Waals surface area contributed by atoms with Crippen molar-refractivity contribution in [3.8, 4) is 0 Å². The van der Waals surface area contributed by atoms with Gasteiger partial charge in [0.1, 0.15) is 0 Å². The van der Waals surface area contributed by atoms with Gasteiger partial charge in [0.25, 0.3) is 0 Å². The molecular formula is C56H56N2. The minimum Gasteiger partial charge on any atom is -0.309 e. The van der Waals surface area contributed by atoms with Gasteiger partial charge in [-0.2, -0.15) is 0 Å². The zero-order chi connectivity index (χ0) is 39.1. The Hall–Kier alpha value is -5.34. The first-order valence-corrected chi connectivity index (χ1v) is 22.2. The Morgan fingerprint density at radius 2 is 0.724 bits per heavy atom. The quantitative estimate of drug-likeness (QED) is 0.113. The van der Waals surface area contributed by atoms with Crippen molar-refractivity contribution in [3.63, 3.8) is 0 Å². The maximum Gasteiger partial charge on any atom is 0.0620 e. The standard InChI is InChI=1S/C56H56N2/c1-35-9-5-13-45(25-35)57(46-14-6-10-36(2)26-46)55-49-23-21-44(52-32-40-18-20-42(52)30-40)34-54(49)56(50-24-22-43(33-53(50)55)51-31-39-17-19-41(51)29-39)58(47-15-7-11-37(3)27-47)48-16-8-12-38(4)28-48/h5-16,21-28,33-34,39-42,51-52H,17-20,29-32H2,1-4H3/t39?,40?,41-,42?,51?,52?/m1/s1. The maximum absolute atomic E-state index is 2.64. The van der Waals surface area contributed by atoms with E-state index in [-0.39, 0.29) is 0 Å². The van der Waals surface area contributed by atoms with Gasteiger partial charge in [-0.15, -0.1) is 0 Å². The molecule has 4 fully saturated rings. The lowest BCUT2D eigenvalue weighted by atomic mass is 9.81. The summed E-state index contributed by atoms with van der Waals surface area (Å²) in [5.41, 5.74) is 15.5. The van der Waals surface area contributed by atoms with Crippen molar-refractivity contribution in [1.29, 1.82) is 0 Å². The number of aryl methyl sites for hydroxylation is 4. The average molecular weight is 757 g/mol. The lowest BCUT2D eigenvalue weighted by molar-refractivity contribution is 0.420. The molecule has 7 aromatic carbocycles. The molecule has 0 aromatic heterocycles. The van der Waals surface area contributed by atoms with Gasteiger partial charge < -0.3 is 9.80 Å². The van der Waals surface area contributed by atoms with E-state index in [1.54, 1.807) is 0 Å². The molecule has 4 saturated carbocycles.